The number of ether oxygens (including phenoxy) is 1. The molecule has 1 N–H and O–H groups in total. The first-order valence-electron chi connectivity index (χ1n) is 10.9. The van der Waals surface area contributed by atoms with Gasteiger partial charge in [-0.1, -0.05) is 12.1 Å². The number of benzene rings is 2. The summed E-state index contributed by atoms with van der Waals surface area (Å²) in [4.78, 5) is 11.8. The molecule has 0 bridgehead atoms. The average molecular weight is 532 g/mol. The second-order valence-electron chi connectivity index (χ2n) is 8.15. The summed E-state index contributed by atoms with van der Waals surface area (Å²) < 4.78 is 88.1. The van der Waals surface area contributed by atoms with Crippen LogP contribution in [0.2, 0.25) is 0 Å². The maximum atomic E-state index is 13.5. The molecule has 2 aromatic carbocycles. The number of nitrogens with zero attached hydrogens (tertiary/aromatic N) is 3. The molecule has 2 aromatic heterocycles. The first-order valence-corrected chi connectivity index (χ1v) is 12.1. The van der Waals surface area contributed by atoms with Gasteiger partial charge in [0.2, 0.25) is 5.95 Å². The number of pyridine rings is 1. The number of aromatic nitrogens is 3. The van der Waals surface area contributed by atoms with Crippen molar-refractivity contribution in [3.05, 3.63) is 95.4 Å². The second kappa shape index (κ2) is 9.85. The Balaban J connectivity index is 1.51. The minimum absolute atomic E-state index is 0.0301. The average Bonchev–Trinajstić information content (AvgIpc) is 2.89. The van der Waals surface area contributed by atoms with Gasteiger partial charge in [-0.05, 0) is 48.4 Å². The Morgan fingerprint density at radius 3 is 2.32 bits per heavy atom. The lowest BCUT2D eigenvalue weighted by atomic mass is 9.83. The third-order valence-corrected chi connectivity index (χ3v) is 6.85. The van der Waals surface area contributed by atoms with E-state index in [1.165, 1.54) is 12.1 Å². The van der Waals surface area contributed by atoms with Crippen LogP contribution in [0.15, 0.2) is 72.0 Å². The zero-order valence-electron chi connectivity index (χ0n) is 18.8. The molecule has 190 valence electrons. The molecule has 0 fully saturated rings. The summed E-state index contributed by atoms with van der Waals surface area (Å²) in [6.07, 6.45) is -1.27. The molecule has 6 nitrogen and oxygen atoms in total. The molecule has 37 heavy (non-hydrogen) atoms. The standard InChI is InChI=1S/C25H17F5N4O2S/c26-15-2-6-22(31-11-15)21-9-14(25(28,29)30)1-4-18(21)19-7-8-36-23-10-17(3-5-20(19)23)37(35)34-24-32-12-16(27)13-33-24/h1-6,9-13,19H,7-8H2,(H,32,33,34). The molecule has 0 saturated carbocycles. The van der Waals surface area contributed by atoms with Crippen molar-refractivity contribution < 1.29 is 30.9 Å². The number of halogens is 5. The Kier molecular flexibility index (Phi) is 6.59. The molecule has 3 heterocycles. The van der Waals surface area contributed by atoms with Crippen LogP contribution in [0.5, 0.6) is 5.75 Å². The van der Waals surface area contributed by atoms with Crippen LogP contribution in [0.4, 0.5) is 27.9 Å². The molecule has 1 aliphatic heterocycles. The van der Waals surface area contributed by atoms with Crippen molar-refractivity contribution >= 4 is 16.9 Å². The minimum atomic E-state index is -4.57. The summed E-state index contributed by atoms with van der Waals surface area (Å²) in [5.74, 6) is -1.21. The van der Waals surface area contributed by atoms with Gasteiger partial charge in [-0.15, -0.1) is 0 Å². The van der Waals surface area contributed by atoms with Crippen LogP contribution >= 0.6 is 0 Å². The van der Waals surface area contributed by atoms with Crippen LogP contribution in [-0.4, -0.2) is 25.8 Å². The predicted octanol–water partition coefficient (Wildman–Crippen LogP) is 5.88. The molecule has 2 atom stereocenters. The van der Waals surface area contributed by atoms with Gasteiger partial charge in [0.1, 0.15) is 11.6 Å². The quantitative estimate of drug-likeness (QED) is 0.325. The Morgan fingerprint density at radius 2 is 1.62 bits per heavy atom. The minimum Gasteiger partial charge on any atom is -0.493 e. The summed E-state index contributed by atoms with van der Waals surface area (Å²) in [6, 6.07) is 10.8. The van der Waals surface area contributed by atoms with Crippen molar-refractivity contribution in [2.75, 3.05) is 11.3 Å². The third kappa shape index (κ3) is 5.29. The smallest absolute Gasteiger partial charge is 0.416 e. The number of nitrogens with one attached hydrogen (secondary N) is 1. The van der Waals surface area contributed by atoms with Crippen molar-refractivity contribution in [3.8, 4) is 17.0 Å². The number of fused-ring (bicyclic) bond motifs is 1. The highest BCUT2D eigenvalue weighted by Crippen LogP contribution is 2.44. The van der Waals surface area contributed by atoms with Gasteiger partial charge in [0.25, 0.3) is 0 Å². The second-order valence-corrected chi connectivity index (χ2v) is 9.36. The zero-order chi connectivity index (χ0) is 26.2. The van der Waals surface area contributed by atoms with Gasteiger partial charge in [0, 0.05) is 17.0 Å². The number of anilines is 1. The molecule has 0 amide bonds. The highest BCUT2D eigenvalue weighted by atomic mass is 32.2. The fraction of sp³-hybridized carbons (Fsp3) is 0.160. The van der Waals surface area contributed by atoms with Crippen LogP contribution < -0.4 is 9.46 Å². The number of rotatable bonds is 5. The maximum Gasteiger partial charge on any atom is 0.416 e. The first kappa shape index (κ1) is 24.8. The molecular formula is C25H17F5N4O2S. The number of hydrogen-bond donors (Lipinski definition) is 1. The lowest BCUT2D eigenvalue weighted by Gasteiger charge is -2.28. The van der Waals surface area contributed by atoms with E-state index in [1.54, 1.807) is 18.2 Å². The summed E-state index contributed by atoms with van der Waals surface area (Å²) >= 11 is 0. The van der Waals surface area contributed by atoms with Gasteiger partial charge in [-0.3, -0.25) is 9.71 Å². The van der Waals surface area contributed by atoms with E-state index in [-0.39, 0.29) is 29.7 Å². The van der Waals surface area contributed by atoms with Crippen molar-refractivity contribution in [3.63, 3.8) is 0 Å². The van der Waals surface area contributed by atoms with E-state index in [9.17, 15) is 26.2 Å². The SMILES string of the molecule is O=S(Nc1ncc(F)cn1)c1ccc2c(c1)OCCC2c1ccc(C(F)(F)F)cc1-c1ccc(F)cn1. The molecule has 0 spiro atoms. The largest absolute Gasteiger partial charge is 0.493 e. The molecule has 0 aliphatic carbocycles. The van der Waals surface area contributed by atoms with Crippen molar-refractivity contribution in [2.45, 2.75) is 23.4 Å². The van der Waals surface area contributed by atoms with E-state index >= 15 is 0 Å². The van der Waals surface area contributed by atoms with Crippen LogP contribution in [0.1, 0.15) is 29.0 Å². The molecule has 1 aliphatic rings. The molecule has 0 saturated heterocycles. The molecular weight excluding hydrogens is 515 g/mol. The monoisotopic (exact) mass is 532 g/mol. The van der Waals surface area contributed by atoms with E-state index in [4.69, 9.17) is 4.74 Å². The van der Waals surface area contributed by atoms with Crippen LogP contribution in [-0.2, 0) is 17.2 Å². The van der Waals surface area contributed by atoms with Gasteiger partial charge in [-0.25, -0.2) is 23.0 Å². The van der Waals surface area contributed by atoms with E-state index in [2.05, 4.69) is 19.7 Å². The summed E-state index contributed by atoms with van der Waals surface area (Å²) in [7, 11) is -1.79. The van der Waals surface area contributed by atoms with Crippen LogP contribution in [0.25, 0.3) is 11.3 Å². The van der Waals surface area contributed by atoms with Gasteiger partial charge < -0.3 is 4.74 Å². The zero-order valence-corrected chi connectivity index (χ0v) is 19.6. The molecule has 0 radical (unpaired) electrons. The highest BCUT2D eigenvalue weighted by Gasteiger charge is 2.33. The third-order valence-electron chi connectivity index (χ3n) is 5.80. The van der Waals surface area contributed by atoms with E-state index in [0.717, 1.165) is 36.8 Å². The van der Waals surface area contributed by atoms with Crippen molar-refractivity contribution in [2.24, 2.45) is 0 Å². The lowest BCUT2D eigenvalue weighted by molar-refractivity contribution is -0.137. The maximum absolute atomic E-state index is 13.5. The summed E-state index contributed by atoms with van der Waals surface area (Å²) in [6.45, 7) is 0.263. The summed E-state index contributed by atoms with van der Waals surface area (Å²) in [5, 5.41) is 0. The number of hydrogen-bond acceptors (Lipinski definition) is 5. The number of alkyl halides is 3. The molecule has 4 aromatic rings. The fourth-order valence-corrected chi connectivity index (χ4v) is 4.90. The van der Waals surface area contributed by atoms with Crippen molar-refractivity contribution in [1.29, 1.82) is 0 Å². The molecule has 2 unspecified atom stereocenters. The van der Waals surface area contributed by atoms with E-state index in [0.29, 0.717) is 28.2 Å². The van der Waals surface area contributed by atoms with Gasteiger partial charge in [0.15, 0.2) is 16.8 Å². The lowest BCUT2D eigenvalue weighted by Crippen LogP contribution is -2.17. The molecule has 12 heteroatoms. The first-order chi connectivity index (χ1) is 17.7. The van der Waals surface area contributed by atoms with Crippen molar-refractivity contribution in [1.82, 2.24) is 15.0 Å². The normalized spacial score (nSPS) is 16.0. The van der Waals surface area contributed by atoms with Crippen LogP contribution in [0.3, 0.4) is 0 Å². The van der Waals surface area contributed by atoms with Gasteiger partial charge in [-0.2, -0.15) is 13.2 Å². The van der Waals surface area contributed by atoms with Gasteiger partial charge in [0.05, 0.1) is 41.4 Å². The Bertz CT molecular complexity index is 1460. The van der Waals surface area contributed by atoms with Gasteiger partial charge >= 0.3 is 6.18 Å². The Morgan fingerprint density at radius 1 is 0.892 bits per heavy atom. The van der Waals surface area contributed by atoms with E-state index < -0.39 is 34.4 Å². The highest BCUT2D eigenvalue weighted by molar-refractivity contribution is 7.86. The predicted molar refractivity (Wildman–Crippen MR) is 125 cm³/mol. The van der Waals surface area contributed by atoms with Crippen LogP contribution in [0, 0.1) is 11.6 Å². The Labute approximate surface area is 210 Å². The van der Waals surface area contributed by atoms with E-state index in [1.807, 2.05) is 0 Å². The summed E-state index contributed by atoms with van der Waals surface area (Å²) in [5.41, 5.74) is 0.855. The Hall–Kier alpha value is -3.93. The fourth-order valence-electron chi connectivity index (χ4n) is 4.11. The molecule has 5 rings (SSSR count). The topological polar surface area (TPSA) is 77.0 Å².